The van der Waals surface area contributed by atoms with Gasteiger partial charge in [0.05, 0.1) is 0 Å². The first-order chi connectivity index (χ1) is 40.6. The van der Waals surface area contributed by atoms with E-state index < -0.39 is 233 Å². The highest BCUT2D eigenvalue weighted by atomic mass is 16.8. The van der Waals surface area contributed by atoms with Gasteiger partial charge in [0.15, 0.2) is 61.6 Å². The van der Waals surface area contributed by atoms with Gasteiger partial charge in [-0.2, -0.15) is 0 Å². The van der Waals surface area contributed by atoms with E-state index in [9.17, 15) is 67.1 Å². The van der Waals surface area contributed by atoms with Crippen molar-refractivity contribution < 1.29 is 162 Å². The van der Waals surface area contributed by atoms with E-state index in [1.807, 2.05) is 0 Å². The van der Waals surface area contributed by atoms with E-state index in [1.54, 1.807) is 0 Å². The molecule has 0 aromatic heterocycles. The Morgan fingerprint density at radius 1 is 0.253 bits per heavy atom. The number of carbonyl (C=O) groups excluding carboxylic acids is 14. The molecular weight excluding hydrogens is 1180 g/mol. The van der Waals surface area contributed by atoms with Gasteiger partial charge in [0.1, 0.15) is 75.2 Å². The van der Waals surface area contributed by atoms with Crippen LogP contribution in [0.2, 0.25) is 0 Å². The van der Waals surface area contributed by atoms with E-state index in [1.165, 1.54) is 0 Å². The van der Waals surface area contributed by atoms with Crippen LogP contribution in [0.1, 0.15) is 96.9 Å². The summed E-state index contributed by atoms with van der Waals surface area (Å²) < 4.78 is 116. The summed E-state index contributed by atoms with van der Waals surface area (Å²) >= 11 is 0. The summed E-state index contributed by atoms with van der Waals surface area (Å²) in [6.45, 7) is 9.91. The zero-order valence-corrected chi connectivity index (χ0v) is 49.8. The Balaban J connectivity index is 2.09. The van der Waals surface area contributed by atoms with E-state index in [0.717, 1.165) is 96.9 Å². The van der Waals surface area contributed by atoms with Crippen LogP contribution >= 0.6 is 0 Å². The van der Waals surface area contributed by atoms with Crippen molar-refractivity contribution in [2.75, 3.05) is 26.4 Å². The molecule has 0 saturated carbocycles. The average molecular weight is 1250 g/mol. The normalized spacial score (nSPS) is 31.9. The molecule has 4 aliphatic heterocycles. The minimum Gasteiger partial charge on any atom is -0.463 e. The lowest BCUT2D eigenvalue weighted by atomic mass is 9.93. The highest BCUT2D eigenvalue weighted by Gasteiger charge is 2.61. The minimum atomic E-state index is -2.22. The Morgan fingerprint density at radius 2 is 0.494 bits per heavy atom. The summed E-state index contributed by atoms with van der Waals surface area (Å²) in [7, 11) is 0. The summed E-state index contributed by atoms with van der Waals surface area (Å²) in [5.41, 5.74) is 0. The topological polar surface area (TPSA) is 436 Å². The van der Waals surface area contributed by atoms with E-state index in [-0.39, 0.29) is 0 Å². The van der Waals surface area contributed by atoms with E-state index in [0.29, 0.717) is 0 Å². The van der Waals surface area contributed by atoms with Crippen molar-refractivity contribution >= 4 is 83.5 Å². The van der Waals surface area contributed by atoms with Crippen LogP contribution < -0.4 is 5.32 Å². The van der Waals surface area contributed by atoms with Gasteiger partial charge in [0, 0.05) is 96.9 Å². The Bertz CT molecular complexity index is 2540. The number of ether oxygens (including phenoxy) is 20. The molecule has 1 amide bonds. The highest BCUT2D eigenvalue weighted by Crippen LogP contribution is 2.40. The molecule has 1 unspecified atom stereocenters. The lowest BCUT2D eigenvalue weighted by Gasteiger charge is -2.51. The zero-order chi connectivity index (χ0) is 65.3. The molecular formula is C52H71NO34. The van der Waals surface area contributed by atoms with Gasteiger partial charge in [-0.3, -0.25) is 67.1 Å². The second-order valence-corrected chi connectivity index (χ2v) is 19.6. The number of hydrogen-bond acceptors (Lipinski definition) is 34. The molecule has 87 heavy (non-hydrogen) atoms. The van der Waals surface area contributed by atoms with Crippen molar-refractivity contribution in [3.05, 3.63) is 0 Å². The Kier molecular flexibility index (Phi) is 27.1. The highest BCUT2D eigenvalue weighted by molar-refractivity contribution is 5.74. The number of amides is 1. The third-order valence-corrected chi connectivity index (χ3v) is 12.2. The van der Waals surface area contributed by atoms with Gasteiger partial charge in [-0.25, -0.2) is 0 Å². The fourth-order valence-electron chi connectivity index (χ4n) is 9.40. The van der Waals surface area contributed by atoms with E-state index in [2.05, 4.69) is 5.32 Å². The van der Waals surface area contributed by atoms with Gasteiger partial charge >= 0.3 is 77.6 Å². The van der Waals surface area contributed by atoms with Gasteiger partial charge in [-0.05, 0) is 0 Å². The molecule has 0 radical (unpaired) electrons. The van der Waals surface area contributed by atoms with Crippen LogP contribution in [0.5, 0.6) is 0 Å². The molecule has 0 aliphatic carbocycles. The average Bonchev–Trinajstić information content (AvgIpc) is 1.08. The van der Waals surface area contributed by atoms with Crippen LogP contribution in [0.15, 0.2) is 0 Å². The van der Waals surface area contributed by atoms with Crippen LogP contribution in [0, 0.1) is 0 Å². The van der Waals surface area contributed by atoms with Crippen molar-refractivity contribution in [3.8, 4) is 0 Å². The van der Waals surface area contributed by atoms with Crippen molar-refractivity contribution in [1.82, 2.24) is 5.32 Å². The molecule has 4 heterocycles. The minimum absolute atomic E-state index is 0.776. The molecule has 0 aromatic carbocycles. The van der Waals surface area contributed by atoms with Gasteiger partial charge in [-0.15, -0.1) is 0 Å². The van der Waals surface area contributed by atoms with Crippen LogP contribution in [-0.2, 0) is 162 Å². The maximum atomic E-state index is 13.6. The summed E-state index contributed by atoms with van der Waals surface area (Å²) in [6, 6.07) is -1.98. The monoisotopic (exact) mass is 1250 g/mol. The Hall–Kier alpha value is -7.70. The quantitative estimate of drug-likeness (QED) is 0.0792. The number of rotatable bonds is 24. The molecule has 1 N–H and O–H groups in total. The smallest absolute Gasteiger partial charge is 0.305 e. The lowest BCUT2D eigenvalue weighted by Crippen LogP contribution is -2.71. The molecule has 4 fully saturated rings. The molecule has 4 saturated heterocycles. The fourth-order valence-corrected chi connectivity index (χ4v) is 9.40. The molecule has 20 atom stereocenters. The molecule has 0 spiro atoms. The van der Waals surface area contributed by atoms with Gasteiger partial charge in [-0.1, -0.05) is 0 Å². The largest absolute Gasteiger partial charge is 0.463 e. The van der Waals surface area contributed by atoms with Crippen molar-refractivity contribution in [1.29, 1.82) is 0 Å². The summed E-state index contributed by atoms with van der Waals surface area (Å²) in [6.07, 6.45) is -37.2. The van der Waals surface area contributed by atoms with Crippen molar-refractivity contribution in [2.24, 2.45) is 0 Å². The van der Waals surface area contributed by atoms with E-state index in [4.69, 9.17) is 94.7 Å². The summed E-state index contributed by atoms with van der Waals surface area (Å²) in [5.74, 6) is -14.4. The maximum absolute atomic E-state index is 13.6. The first-order valence-corrected chi connectivity index (χ1v) is 26.6. The third-order valence-electron chi connectivity index (χ3n) is 12.2. The predicted octanol–water partition coefficient (Wildman–Crippen LogP) is -2.18. The summed E-state index contributed by atoms with van der Waals surface area (Å²) in [4.78, 5) is 179. The number of esters is 13. The fraction of sp³-hybridized carbons (Fsp3) is 0.731. The molecule has 4 rings (SSSR count). The SMILES string of the molecule is CC(=O)N[C@H]1[C@H](O[C@H]2[C@@H](OC(C)=O)[C@@H](COC(C)=O)O[C@@H](O[C@H]3[C@H](OC(C)=O)[C@@H](OC(C)=O)C(OC(C)=O)O[C@@H]3COC(C)=O)[C@@H]2OC(C)=O)O[C@H](COC(C)=O)[C@@H](OC(C)=O)[C@@H]1O[C@@H]1O[C@H](COC(C)=O)[C@H](OC(C)=O)[C@H](OC(C)=O)[C@H]1OC(C)=O. The van der Waals surface area contributed by atoms with Gasteiger partial charge in [0.2, 0.25) is 18.3 Å². The molecule has 0 bridgehead atoms. The maximum Gasteiger partial charge on any atom is 0.305 e. The number of nitrogens with one attached hydrogen (secondary N) is 1. The second-order valence-electron chi connectivity index (χ2n) is 19.6. The molecule has 35 nitrogen and oxygen atoms in total. The summed E-state index contributed by atoms with van der Waals surface area (Å²) in [5, 5.41) is 2.53. The standard InChI is InChI=1S/C52H71NO34/c1-19(54)53-37-42(86-52-47(78-30(12)65)43(75-27(9)62)39(73-25(7)60)34(84-52)16-69-21(3)56)38(72-24(6)59)33(15-68-20(2)55)81-49(37)87-45-40(74-26(8)61)35(17-70-22(4)57)83-51(48(45)79-31(13)66)85-41-36(18-71-23(5)58)82-50(80-32(14)67)46(77-29(11)64)44(41)76-28(10)63/h33-52H,15-18H2,1-14H3,(H,53,54)/t33-,34-,35-,36-,37-,38-,39+,40+,41-,42-,43+,44+,45+,46-,47-,48-,49+,50?,51+,52+/m1/s1. The molecule has 0 aromatic rings. The zero-order valence-electron chi connectivity index (χ0n) is 49.8. The van der Waals surface area contributed by atoms with Crippen molar-refractivity contribution in [2.45, 2.75) is 220 Å². The van der Waals surface area contributed by atoms with E-state index >= 15 is 0 Å². The Morgan fingerprint density at radius 3 is 0.839 bits per heavy atom. The molecule has 488 valence electrons. The number of carbonyl (C=O) groups is 14. The first-order valence-electron chi connectivity index (χ1n) is 26.6. The number of hydrogen-bond donors (Lipinski definition) is 1. The van der Waals surface area contributed by atoms with Crippen LogP contribution in [0.4, 0.5) is 0 Å². The second kappa shape index (κ2) is 32.9. The predicted molar refractivity (Wildman–Crippen MR) is 270 cm³/mol. The molecule has 35 heteroatoms. The Labute approximate surface area is 495 Å². The van der Waals surface area contributed by atoms with Crippen LogP contribution in [0.25, 0.3) is 0 Å². The van der Waals surface area contributed by atoms with Crippen LogP contribution in [-0.4, -0.2) is 233 Å². The molecule has 4 aliphatic rings. The third kappa shape index (κ3) is 21.9. The lowest BCUT2D eigenvalue weighted by molar-refractivity contribution is -0.380. The first kappa shape index (κ1) is 71.8. The van der Waals surface area contributed by atoms with Gasteiger partial charge in [0.25, 0.3) is 0 Å². The van der Waals surface area contributed by atoms with Crippen molar-refractivity contribution in [3.63, 3.8) is 0 Å². The van der Waals surface area contributed by atoms with Crippen LogP contribution in [0.3, 0.4) is 0 Å². The van der Waals surface area contributed by atoms with Gasteiger partial charge < -0.3 is 100 Å².